The summed E-state index contributed by atoms with van der Waals surface area (Å²) in [5, 5.41) is 0. The first-order valence-corrected chi connectivity index (χ1v) is 6.42. The van der Waals surface area contributed by atoms with Crippen LogP contribution in [0.2, 0.25) is 0 Å². The first-order valence-electron chi connectivity index (χ1n) is 4.73. The van der Waals surface area contributed by atoms with Crippen molar-refractivity contribution in [2.75, 3.05) is 30.5 Å². The quantitative estimate of drug-likeness (QED) is 0.656. The molecule has 2 fully saturated rings. The van der Waals surface area contributed by atoms with Crippen LogP contribution in [0, 0.1) is 11.8 Å². The van der Waals surface area contributed by atoms with Gasteiger partial charge < -0.3 is 4.90 Å². The minimum Gasteiger partial charge on any atom is -0.342 e. The predicted molar refractivity (Wildman–Crippen MR) is 56.2 cm³/mol. The minimum atomic E-state index is 0.307. The van der Waals surface area contributed by atoms with Crippen molar-refractivity contribution in [3.63, 3.8) is 0 Å². The van der Waals surface area contributed by atoms with E-state index in [4.69, 9.17) is 11.6 Å². The maximum Gasteiger partial charge on any atom is 0.226 e. The lowest BCUT2D eigenvalue weighted by molar-refractivity contribution is -0.140. The molecule has 0 bridgehead atoms. The fraction of sp³-hybridized carbons (Fsp3) is 0.889. The highest BCUT2D eigenvalue weighted by atomic mass is 35.5. The third kappa shape index (κ3) is 1.96. The number of hydrogen-bond acceptors (Lipinski definition) is 2. The Morgan fingerprint density at radius 2 is 2.31 bits per heavy atom. The molecule has 0 aliphatic carbocycles. The fourth-order valence-corrected chi connectivity index (χ4v) is 3.24. The van der Waals surface area contributed by atoms with Crippen LogP contribution in [-0.2, 0) is 4.79 Å². The van der Waals surface area contributed by atoms with Crippen molar-refractivity contribution >= 4 is 29.3 Å². The van der Waals surface area contributed by atoms with Gasteiger partial charge in [-0.2, -0.15) is 11.8 Å². The van der Waals surface area contributed by atoms with Crippen LogP contribution < -0.4 is 0 Å². The van der Waals surface area contributed by atoms with Gasteiger partial charge in [-0.1, -0.05) is 0 Å². The highest BCUT2D eigenvalue weighted by Gasteiger charge is 2.34. The Bertz CT molecular complexity index is 200. The zero-order valence-electron chi connectivity index (χ0n) is 7.54. The van der Waals surface area contributed by atoms with Gasteiger partial charge in [-0.3, -0.25) is 4.79 Å². The Labute approximate surface area is 88.0 Å². The van der Waals surface area contributed by atoms with E-state index in [9.17, 15) is 4.79 Å². The molecule has 2 nitrogen and oxygen atoms in total. The van der Waals surface area contributed by atoms with E-state index in [-0.39, 0.29) is 0 Å². The van der Waals surface area contributed by atoms with Crippen molar-refractivity contribution in [3.05, 3.63) is 0 Å². The third-order valence-electron chi connectivity index (χ3n) is 2.77. The number of carbonyl (C=O) groups excluding carboxylic acids is 1. The van der Waals surface area contributed by atoms with Crippen LogP contribution in [-0.4, -0.2) is 41.3 Å². The molecular weight excluding hydrogens is 206 g/mol. The molecule has 74 valence electrons. The summed E-state index contributed by atoms with van der Waals surface area (Å²) in [7, 11) is 0. The number of likely N-dealkylation sites (tertiary alicyclic amines) is 1. The second kappa shape index (κ2) is 4.09. The average molecular weight is 220 g/mol. The van der Waals surface area contributed by atoms with E-state index < -0.39 is 0 Å². The average Bonchev–Trinajstić information content (AvgIpc) is 2.53. The predicted octanol–water partition coefficient (Wildman–Crippen LogP) is 1.44. The maximum absolute atomic E-state index is 11.8. The lowest BCUT2D eigenvalue weighted by Crippen LogP contribution is -2.52. The second-order valence-corrected chi connectivity index (χ2v) is 5.28. The molecular formula is C9H14ClNOS. The SMILES string of the molecule is O=C(C1CCSC1)N1CC(CCl)C1. The van der Waals surface area contributed by atoms with E-state index in [0.717, 1.165) is 31.0 Å². The van der Waals surface area contributed by atoms with Gasteiger partial charge >= 0.3 is 0 Å². The molecule has 2 heterocycles. The Kier molecular flexibility index (Phi) is 3.04. The monoisotopic (exact) mass is 219 g/mol. The summed E-state index contributed by atoms with van der Waals surface area (Å²) in [6, 6.07) is 0. The van der Waals surface area contributed by atoms with Gasteiger partial charge in [0.15, 0.2) is 0 Å². The summed E-state index contributed by atoms with van der Waals surface area (Å²) in [6.07, 6.45) is 1.07. The number of alkyl halides is 1. The second-order valence-electron chi connectivity index (χ2n) is 3.82. The number of halogens is 1. The summed E-state index contributed by atoms with van der Waals surface area (Å²) in [4.78, 5) is 13.7. The molecule has 0 saturated carbocycles. The molecule has 2 saturated heterocycles. The van der Waals surface area contributed by atoms with Crippen LogP contribution in [0.5, 0.6) is 0 Å². The molecule has 4 heteroatoms. The lowest BCUT2D eigenvalue weighted by Gasteiger charge is -2.39. The van der Waals surface area contributed by atoms with Crippen molar-refractivity contribution in [1.82, 2.24) is 4.90 Å². The van der Waals surface area contributed by atoms with Crippen LogP contribution in [0.4, 0.5) is 0 Å². The molecule has 2 aliphatic rings. The normalized spacial score (nSPS) is 29.0. The minimum absolute atomic E-state index is 0.307. The van der Waals surface area contributed by atoms with Gasteiger partial charge in [0.1, 0.15) is 0 Å². The summed E-state index contributed by atoms with van der Waals surface area (Å²) in [6.45, 7) is 1.78. The third-order valence-corrected chi connectivity index (χ3v) is 4.36. The highest BCUT2D eigenvalue weighted by Crippen LogP contribution is 2.28. The van der Waals surface area contributed by atoms with Gasteiger partial charge in [-0.15, -0.1) is 11.6 Å². The zero-order valence-corrected chi connectivity index (χ0v) is 9.11. The number of amides is 1. The van der Waals surface area contributed by atoms with Crippen LogP contribution >= 0.6 is 23.4 Å². The Morgan fingerprint density at radius 3 is 2.85 bits per heavy atom. The molecule has 0 aromatic carbocycles. The van der Waals surface area contributed by atoms with Gasteiger partial charge in [-0.05, 0) is 12.2 Å². The Hall–Kier alpha value is 0.110. The van der Waals surface area contributed by atoms with Crippen molar-refractivity contribution in [2.45, 2.75) is 6.42 Å². The van der Waals surface area contributed by atoms with E-state index >= 15 is 0 Å². The van der Waals surface area contributed by atoms with Crippen molar-refractivity contribution in [3.8, 4) is 0 Å². The maximum atomic E-state index is 11.8. The molecule has 0 spiro atoms. The zero-order chi connectivity index (χ0) is 9.26. The smallest absolute Gasteiger partial charge is 0.226 e. The standard InChI is InChI=1S/C9H14ClNOS/c10-3-7-4-11(5-7)9(12)8-1-2-13-6-8/h7-8H,1-6H2. The van der Waals surface area contributed by atoms with Gasteiger partial charge in [0.05, 0.1) is 0 Å². The summed E-state index contributed by atoms with van der Waals surface area (Å²) >= 11 is 7.59. The molecule has 1 atom stereocenters. The summed E-state index contributed by atoms with van der Waals surface area (Å²) < 4.78 is 0. The van der Waals surface area contributed by atoms with Gasteiger partial charge in [0.2, 0.25) is 5.91 Å². The Balaban J connectivity index is 1.78. The van der Waals surface area contributed by atoms with E-state index in [1.165, 1.54) is 0 Å². The summed E-state index contributed by atoms with van der Waals surface area (Å²) in [5.74, 6) is 4.11. The molecule has 2 rings (SSSR count). The highest BCUT2D eigenvalue weighted by molar-refractivity contribution is 7.99. The van der Waals surface area contributed by atoms with Crippen LogP contribution in [0.25, 0.3) is 0 Å². The van der Waals surface area contributed by atoms with Gasteiger partial charge in [-0.25, -0.2) is 0 Å². The topological polar surface area (TPSA) is 20.3 Å². The molecule has 1 unspecified atom stereocenters. The first-order chi connectivity index (χ1) is 6.31. The number of hydrogen-bond donors (Lipinski definition) is 0. The van der Waals surface area contributed by atoms with E-state index in [0.29, 0.717) is 23.6 Å². The summed E-state index contributed by atoms with van der Waals surface area (Å²) in [5.41, 5.74) is 0. The first kappa shape index (κ1) is 9.66. The molecule has 13 heavy (non-hydrogen) atoms. The van der Waals surface area contributed by atoms with Crippen LogP contribution in [0.3, 0.4) is 0 Å². The lowest BCUT2D eigenvalue weighted by atomic mass is 9.98. The van der Waals surface area contributed by atoms with Crippen molar-refractivity contribution in [2.24, 2.45) is 11.8 Å². The van der Waals surface area contributed by atoms with Crippen molar-refractivity contribution < 1.29 is 4.79 Å². The fourth-order valence-electron chi connectivity index (χ4n) is 1.83. The van der Waals surface area contributed by atoms with Crippen molar-refractivity contribution in [1.29, 1.82) is 0 Å². The molecule has 0 aromatic heterocycles. The van der Waals surface area contributed by atoms with Crippen LogP contribution in [0.15, 0.2) is 0 Å². The number of rotatable bonds is 2. The van der Waals surface area contributed by atoms with E-state index in [1.807, 2.05) is 16.7 Å². The number of thioether (sulfide) groups is 1. The number of nitrogens with zero attached hydrogens (tertiary/aromatic N) is 1. The molecule has 2 aliphatic heterocycles. The van der Waals surface area contributed by atoms with Gasteiger partial charge in [0.25, 0.3) is 0 Å². The Morgan fingerprint density at radius 1 is 1.54 bits per heavy atom. The number of carbonyl (C=O) groups is 1. The van der Waals surface area contributed by atoms with Gasteiger partial charge in [0, 0.05) is 36.6 Å². The van der Waals surface area contributed by atoms with E-state index in [1.54, 1.807) is 0 Å². The molecule has 1 amide bonds. The van der Waals surface area contributed by atoms with E-state index in [2.05, 4.69) is 0 Å². The molecule has 0 radical (unpaired) electrons. The largest absolute Gasteiger partial charge is 0.342 e. The molecule has 0 N–H and O–H groups in total. The molecule has 0 aromatic rings. The van der Waals surface area contributed by atoms with Crippen LogP contribution in [0.1, 0.15) is 6.42 Å².